The lowest BCUT2D eigenvalue weighted by Crippen LogP contribution is -2.36. The van der Waals surface area contributed by atoms with E-state index in [1.807, 2.05) is 24.3 Å². The van der Waals surface area contributed by atoms with Crippen LogP contribution >= 0.6 is 0 Å². The predicted molar refractivity (Wildman–Crippen MR) is 133 cm³/mol. The van der Waals surface area contributed by atoms with Crippen LogP contribution in [0, 0.1) is 0 Å². The number of benzene rings is 3. The number of hydrogen-bond acceptors (Lipinski definition) is 4. The van der Waals surface area contributed by atoms with E-state index in [-0.39, 0.29) is 37.9 Å². The van der Waals surface area contributed by atoms with Crippen molar-refractivity contribution in [3.63, 3.8) is 0 Å². The van der Waals surface area contributed by atoms with Gasteiger partial charge in [-0.2, -0.15) is 0 Å². The smallest absolute Gasteiger partial charge is 0.411 e. The van der Waals surface area contributed by atoms with Crippen LogP contribution in [0.5, 0.6) is 0 Å². The van der Waals surface area contributed by atoms with Crippen LogP contribution in [-0.4, -0.2) is 47.7 Å². The third kappa shape index (κ3) is 5.58. The van der Waals surface area contributed by atoms with Gasteiger partial charge in [0.15, 0.2) is 0 Å². The van der Waals surface area contributed by atoms with Crippen molar-refractivity contribution in [1.29, 1.82) is 0 Å². The molecule has 0 aliphatic heterocycles. The summed E-state index contributed by atoms with van der Waals surface area (Å²) < 4.78 is 5.56. The minimum Gasteiger partial charge on any atom is -0.480 e. The first-order chi connectivity index (χ1) is 17.0. The lowest BCUT2D eigenvalue weighted by molar-refractivity contribution is -0.143. The fourth-order valence-electron chi connectivity index (χ4n) is 4.32. The zero-order chi connectivity index (χ0) is 24.8. The maximum atomic E-state index is 12.5. The average molecular weight is 471 g/mol. The number of rotatable bonds is 9. The van der Waals surface area contributed by atoms with Gasteiger partial charge >= 0.3 is 12.1 Å². The van der Waals surface area contributed by atoms with Crippen molar-refractivity contribution in [2.75, 3.05) is 25.0 Å². The summed E-state index contributed by atoms with van der Waals surface area (Å²) in [6.07, 6.45) is 0.975. The summed E-state index contributed by atoms with van der Waals surface area (Å²) in [6.45, 7) is 3.55. The molecule has 0 saturated heterocycles. The summed E-state index contributed by atoms with van der Waals surface area (Å²) in [7, 11) is 0. The number of carbonyl (C=O) groups is 3. The van der Waals surface area contributed by atoms with Crippen LogP contribution in [0.15, 0.2) is 85.5 Å². The molecule has 0 spiro atoms. The van der Waals surface area contributed by atoms with E-state index in [1.165, 1.54) is 11.0 Å². The monoisotopic (exact) mass is 470 g/mol. The molecule has 0 bridgehead atoms. The molecule has 3 aromatic carbocycles. The Morgan fingerprint density at radius 3 is 2.11 bits per heavy atom. The Labute approximate surface area is 203 Å². The number of carbonyl (C=O) groups excluding carboxylic acids is 2. The zero-order valence-corrected chi connectivity index (χ0v) is 19.1. The molecule has 0 atom stereocenters. The molecule has 35 heavy (non-hydrogen) atoms. The maximum Gasteiger partial charge on any atom is 0.411 e. The number of nitrogens with one attached hydrogen (secondary N) is 1. The number of anilines is 1. The first-order valence-electron chi connectivity index (χ1n) is 11.3. The third-order valence-corrected chi connectivity index (χ3v) is 5.93. The second kappa shape index (κ2) is 10.7. The number of ether oxygens (including phenoxy) is 1. The maximum absolute atomic E-state index is 12.5. The Morgan fingerprint density at radius 1 is 0.943 bits per heavy atom. The Balaban J connectivity index is 1.34. The average Bonchev–Trinajstić information content (AvgIpc) is 3.17. The van der Waals surface area contributed by atoms with Crippen LogP contribution in [0.2, 0.25) is 0 Å². The molecule has 3 aromatic rings. The second-order valence-electron chi connectivity index (χ2n) is 8.28. The van der Waals surface area contributed by atoms with E-state index in [9.17, 15) is 14.4 Å². The molecule has 1 aliphatic rings. The highest BCUT2D eigenvalue weighted by molar-refractivity contribution is 5.86. The molecule has 1 aliphatic carbocycles. The number of carboxylic acids is 1. The molecule has 0 radical (unpaired) electrons. The van der Waals surface area contributed by atoms with Gasteiger partial charge in [0.1, 0.15) is 13.2 Å². The molecule has 2 N–H and O–H groups in total. The Morgan fingerprint density at radius 2 is 1.54 bits per heavy atom. The molecular weight excluding hydrogens is 444 g/mol. The SMILES string of the molecule is C=CCN(CC(=O)O)C(=O)Cc1ccc(NC(=O)OCC2c3ccccc3-c3ccccc32)cc1. The van der Waals surface area contributed by atoms with Gasteiger partial charge in [0, 0.05) is 18.2 Å². The first kappa shape index (κ1) is 23.8. The number of fused-ring (bicyclic) bond motifs is 3. The number of aliphatic carboxylic acids is 1. The molecular formula is C28H26N2O5. The topological polar surface area (TPSA) is 95.9 Å². The number of hydrogen-bond donors (Lipinski definition) is 2. The molecule has 0 unspecified atom stereocenters. The highest BCUT2D eigenvalue weighted by Crippen LogP contribution is 2.44. The van der Waals surface area contributed by atoms with Crippen LogP contribution in [0.1, 0.15) is 22.6 Å². The van der Waals surface area contributed by atoms with Crippen molar-refractivity contribution in [2.45, 2.75) is 12.3 Å². The van der Waals surface area contributed by atoms with Gasteiger partial charge in [-0.15, -0.1) is 6.58 Å². The molecule has 7 heteroatoms. The van der Waals surface area contributed by atoms with Gasteiger partial charge in [0.2, 0.25) is 5.91 Å². The second-order valence-corrected chi connectivity index (χ2v) is 8.28. The van der Waals surface area contributed by atoms with Gasteiger partial charge in [0.25, 0.3) is 0 Å². The molecule has 178 valence electrons. The molecule has 0 saturated carbocycles. The summed E-state index contributed by atoms with van der Waals surface area (Å²) in [5.74, 6) is -1.42. The Kier molecular flexibility index (Phi) is 7.26. The van der Waals surface area contributed by atoms with Crippen molar-refractivity contribution in [1.82, 2.24) is 4.90 Å². The summed E-state index contributed by atoms with van der Waals surface area (Å²) in [4.78, 5) is 37.1. The van der Waals surface area contributed by atoms with Crippen LogP contribution in [0.25, 0.3) is 11.1 Å². The lowest BCUT2D eigenvalue weighted by Gasteiger charge is -2.19. The van der Waals surface area contributed by atoms with Crippen molar-refractivity contribution < 1.29 is 24.2 Å². The van der Waals surface area contributed by atoms with Gasteiger partial charge in [-0.05, 0) is 39.9 Å². The highest BCUT2D eigenvalue weighted by atomic mass is 16.5. The van der Waals surface area contributed by atoms with Crippen LogP contribution in [0.3, 0.4) is 0 Å². The highest BCUT2D eigenvalue weighted by Gasteiger charge is 2.29. The van der Waals surface area contributed by atoms with Crippen LogP contribution < -0.4 is 5.32 Å². The Hall–Kier alpha value is -4.39. The number of carboxylic acid groups (broad SMARTS) is 1. The van der Waals surface area contributed by atoms with Gasteiger partial charge in [-0.3, -0.25) is 14.9 Å². The molecule has 0 heterocycles. The van der Waals surface area contributed by atoms with E-state index >= 15 is 0 Å². The van der Waals surface area contributed by atoms with E-state index in [0.29, 0.717) is 11.3 Å². The van der Waals surface area contributed by atoms with Gasteiger partial charge in [-0.25, -0.2) is 4.79 Å². The predicted octanol–water partition coefficient (Wildman–Crippen LogP) is 4.69. The quantitative estimate of drug-likeness (QED) is 0.443. The van der Waals surface area contributed by atoms with Gasteiger partial charge in [-0.1, -0.05) is 66.7 Å². The summed E-state index contributed by atoms with van der Waals surface area (Å²) in [6, 6.07) is 23.1. The molecule has 0 fully saturated rings. The van der Waals surface area contributed by atoms with E-state index < -0.39 is 12.1 Å². The van der Waals surface area contributed by atoms with E-state index in [2.05, 4.69) is 36.2 Å². The minimum atomic E-state index is -1.08. The van der Waals surface area contributed by atoms with Crippen molar-refractivity contribution in [3.8, 4) is 11.1 Å². The van der Waals surface area contributed by atoms with Crippen LogP contribution in [0.4, 0.5) is 10.5 Å². The van der Waals surface area contributed by atoms with Gasteiger partial charge < -0.3 is 14.7 Å². The third-order valence-electron chi connectivity index (χ3n) is 5.93. The lowest BCUT2D eigenvalue weighted by atomic mass is 9.98. The van der Waals surface area contributed by atoms with E-state index in [0.717, 1.165) is 22.3 Å². The minimum absolute atomic E-state index is 0.0224. The zero-order valence-electron chi connectivity index (χ0n) is 19.1. The summed E-state index contributed by atoms with van der Waals surface area (Å²) >= 11 is 0. The fourth-order valence-corrected chi connectivity index (χ4v) is 4.32. The van der Waals surface area contributed by atoms with Crippen molar-refractivity contribution in [3.05, 3.63) is 102 Å². The molecule has 0 aromatic heterocycles. The van der Waals surface area contributed by atoms with E-state index in [1.54, 1.807) is 24.3 Å². The standard InChI is InChI=1S/C28H26N2O5/c1-2-15-30(17-27(32)33)26(31)16-19-11-13-20(14-12-19)29-28(34)35-18-25-23-9-5-3-7-21(23)22-8-4-6-10-24(22)25/h2-14,25H,1,15-18H2,(H,29,34)(H,32,33). The van der Waals surface area contributed by atoms with E-state index in [4.69, 9.17) is 9.84 Å². The van der Waals surface area contributed by atoms with Crippen molar-refractivity contribution in [2.24, 2.45) is 0 Å². The van der Waals surface area contributed by atoms with Gasteiger partial charge in [0.05, 0.1) is 6.42 Å². The summed E-state index contributed by atoms with van der Waals surface area (Å²) in [5, 5.41) is 11.7. The molecule has 2 amide bonds. The number of amides is 2. The first-order valence-corrected chi connectivity index (χ1v) is 11.3. The van der Waals surface area contributed by atoms with Crippen LogP contribution in [-0.2, 0) is 20.7 Å². The normalized spacial score (nSPS) is 11.8. The largest absolute Gasteiger partial charge is 0.480 e. The molecule has 4 rings (SSSR count). The molecule has 7 nitrogen and oxygen atoms in total. The van der Waals surface area contributed by atoms with Crippen molar-refractivity contribution >= 4 is 23.7 Å². The fraction of sp³-hybridized carbons (Fsp3) is 0.179. The Bertz CT molecular complexity index is 1210. The number of nitrogens with zero attached hydrogens (tertiary/aromatic N) is 1. The summed E-state index contributed by atoms with van der Waals surface area (Å²) in [5.41, 5.74) is 5.85.